The van der Waals surface area contributed by atoms with Gasteiger partial charge in [0, 0.05) is 28.4 Å². The van der Waals surface area contributed by atoms with Gasteiger partial charge in [-0.1, -0.05) is 78.8 Å². The Morgan fingerprint density at radius 2 is 1.72 bits per heavy atom. The zero-order valence-electron chi connectivity index (χ0n) is 21.1. The Kier molecular flexibility index (Phi) is 7.55. The summed E-state index contributed by atoms with van der Waals surface area (Å²) in [6, 6.07) is 25.7. The number of hydrogen-bond donors (Lipinski definition) is 0. The zero-order valence-corrected chi connectivity index (χ0v) is 23.5. The molecule has 0 spiro atoms. The van der Waals surface area contributed by atoms with Crippen LogP contribution in [0.3, 0.4) is 0 Å². The Bertz CT molecular complexity index is 1530. The Balaban J connectivity index is 1.29. The van der Waals surface area contributed by atoms with Crippen molar-refractivity contribution in [1.29, 1.82) is 0 Å². The number of halogens is 1. The van der Waals surface area contributed by atoms with Gasteiger partial charge in [-0.3, -0.25) is 9.69 Å². The monoisotopic (exact) mass is 571 g/mol. The highest BCUT2D eigenvalue weighted by atomic mass is 35.5. The lowest BCUT2D eigenvalue weighted by molar-refractivity contribution is -0.123. The first-order valence-electron chi connectivity index (χ1n) is 12.9. The molecule has 2 aliphatic rings. The number of benzene rings is 3. The van der Waals surface area contributed by atoms with E-state index in [1.165, 1.54) is 11.8 Å². The second-order valence-corrected chi connectivity index (χ2v) is 11.8. The first-order chi connectivity index (χ1) is 19.0. The number of para-hydroxylation sites is 1. The highest BCUT2D eigenvalue weighted by Crippen LogP contribution is 2.39. The number of aromatic nitrogens is 2. The average Bonchev–Trinajstić information content (AvgIpc) is 3.69. The number of thioether (sulfide) groups is 1. The van der Waals surface area contributed by atoms with Crippen molar-refractivity contribution in [3.8, 4) is 22.7 Å². The molecular weight excluding hydrogens is 546 g/mol. The molecule has 0 radical (unpaired) electrons. The van der Waals surface area contributed by atoms with E-state index in [-0.39, 0.29) is 11.9 Å². The van der Waals surface area contributed by atoms with Gasteiger partial charge in [0.15, 0.2) is 0 Å². The molecular formula is C31H26ClN3O2S2. The van der Waals surface area contributed by atoms with Crippen LogP contribution < -0.4 is 4.74 Å². The predicted molar refractivity (Wildman–Crippen MR) is 162 cm³/mol. The summed E-state index contributed by atoms with van der Waals surface area (Å²) in [5.41, 5.74) is 4.57. The molecule has 2 heterocycles. The molecule has 8 heteroatoms. The third kappa shape index (κ3) is 5.66. The van der Waals surface area contributed by atoms with Crippen molar-refractivity contribution >= 4 is 51.9 Å². The Labute approximate surface area is 242 Å². The van der Waals surface area contributed by atoms with E-state index in [4.69, 9.17) is 33.7 Å². The molecule has 3 aromatic carbocycles. The van der Waals surface area contributed by atoms with Crippen LogP contribution in [-0.2, 0) is 11.4 Å². The van der Waals surface area contributed by atoms with E-state index >= 15 is 0 Å². The normalized spacial score (nSPS) is 16.9. The van der Waals surface area contributed by atoms with E-state index in [1.807, 2.05) is 101 Å². The Morgan fingerprint density at radius 3 is 2.44 bits per heavy atom. The van der Waals surface area contributed by atoms with Gasteiger partial charge in [0.25, 0.3) is 5.91 Å². The van der Waals surface area contributed by atoms with Crippen LogP contribution in [0.15, 0.2) is 90.0 Å². The van der Waals surface area contributed by atoms with Crippen LogP contribution in [0.2, 0.25) is 5.02 Å². The first-order valence-corrected chi connectivity index (χ1v) is 14.6. The number of ether oxygens (including phenoxy) is 1. The third-order valence-corrected chi connectivity index (χ3v) is 8.59. The average molecular weight is 572 g/mol. The molecule has 6 rings (SSSR count). The Morgan fingerprint density at radius 1 is 1.00 bits per heavy atom. The summed E-state index contributed by atoms with van der Waals surface area (Å²) in [6.07, 6.45) is 8.23. The molecule has 1 saturated heterocycles. The van der Waals surface area contributed by atoms with E-state index in [2.05, 4.69) is 0 Å². The molecule has 0 bridgehead atoms. The molecule has 2 fully saturated rings. The quantitative estimate of drug-likeness (QED) is 0.167. The van der Waals surface area contributed by atoms with Crippen molar-refractivity contribution in [1.82, 2.24) is 14.7 Å². The van der Waals surface area contributed by atoms with Crippen molar-refractivity contribution in [3.63, 3.8) is 0 Å². The van der Waals surface area contributed by atoms with Gasteiger partial charge in [-0.15, -0.1) is 0 Å². The standard InChI is InChI=1S/C31H26ClN3O2S2/c32-24-14-10-21(11-15-24)20-37-27-16-12-22(13-17-27)29-23(19-34(33-29)25-6-2-1-3-7-25)18-28-30(36)35(31(38)39-28)26-8-4-5-9-26/h1-3,6-7,10-19,26H,4-5,8-9,20H2/b28-18-. The lowest BCUT2D eigenvalue weighted by atomic mass is 10.1. The van der Waals surface area contributed by atoms with Crippen molar-refractivity contribution in [2.45, 2.75) is 38.3 Å². The van der Waals surface area contributed by atoms with Gasteiger partial charge in [0.05, 0.1) is 16.3 Å². The fourth-order valence-electron chi connectivity index (χ4n) is 4.98. The molecule has 0 unspecified atom stereocenters. The minimum atomic E-state index is 0.00117. The highest BCUT2D eigenvalue weighted by molar-refractivity contribution is 8.26. The second kappa shape index (κ2) is 11.4. The summed E-state index contributed by atoms with van der Waals surface area (Å²) < 4.78 is 8.47. The maximum absolute atomic E-state index is 13.4. The molecule has 1 amide bonds. The van der Waals surface area contributed by atoms with Crippen LogP contribution in [0.4, 0.5) is 0 Å². The van der Waals surface area contributed by atoms with E-state index in [0.717, 1.165) is 59.5 Å². The molecule has 1 aliphatic heterocycles. The summed E-state index contributed by atoms with van der Waals surface area (Å²) in [6.45, 7) is 0.452. The summed E-state index contributed by atoms with van der Waals surface area (Å²) in [5, 5.41) is 5.62. The largest absolute Gasteiger partial charge is 0.489 e. The summed E-state index contributed by atoms with van der Waals surface area (Å²) in [4.78, 5) is 15.9. The number of thiocarbonyl (C=S) groups is 1. The van der Waals surface area contributed by atoms with Crippen LogP contribution in [0.1, 0.15) is 36.8 Å². The first kappa shape index (κ1) is 25.9. The molecule has 1 saturated carbocycles. The van der Waals surface area contributed by atoms with E-state index in [9.17, 15) is 4.79 Å². The number of hydrogen-bond acceptors (Lipinski definition) is 5. The van der Waals surface area contributed by atoms with Gasteiger partial charge in [-0.05, 0) is 73.0 Å². The van der Waals surface area contributed by atoms with Crippen LogP contribution in [0.5, 0.6) is 5.75 Å². The lowest BCUT2D eigenvalue weighted by Gasteiger charge is -2.21. The summed E-state index contributed by atoms with van der Waals surface area (Å²) >= 11 is 13.0. The van der Waals surface area contributed by atoms with Crippen molar-refractivity contribution < 1.29 is 9.53 Å². The fourth-order valence-corrected chi connectivity index (χ4v) is 6.50. The van der Waals surface area contributed by atoms with Crippen LogP contribution in [0, 0.1) is 0 Å². The number of amides is 1. The van der Waals surface area contributed by atoms with Gasteiger partial charge in [-0.2, -0.15) is 5.10 Å². The lowest BCUT2D eigenvalue weighted by Crippen LogP contribution is -2.36. The van der Waals surface area contributed by atoms with Crippen molar-refractivity contribution in [2.75, 3.05) is 0 Å². The number of carbonyl (C=O) groups excluding carboxylic acids is 1. The molecule has 196 valence electrons. The number of nitrogens with zero attached hydrogens (tertiary/aromatic N) is 3. The topological polar surface area (TPSA) is 47.4 Å². The predicted octanol–water partition coefficient (Wildman–Crippen LogP) is 7.92. The number of carbonyl (C=O) groups is 1. The highest BCUT2D eigenvalue weighted by Gasteiger charge is 2.38. The number of rotatable bonds is 7. The zero-order chi connectivity index (χ0) is 26.8. The van der Waals surface area contributed by atoms with Crippen LogP contribution in [0.25, 0.3) is 23.0 Å². The van der Waals surface area contributed by atoms with Crippen LogP contribution >= 0.6 is 35.6 Å². The van der Waals surface area contributed by atoms with Gasteiger partial charge in [0.1, 0.15) is 16.7 Å². The maximum Gasteiger partial charge on any atom is 0.266 e. The van der Waals surface area contributed by atoms with Gasteiger partial charge >= 0.3 is 0 Å². The minimum absolute atomic E-state index is 0.00117. The third-order valence-electron chi connectivity index (χ3n) is 7.01. The summed E-state index contributed by atoms with van der Waals surface area (Å²) in [5.74, 6) is 0.761. The SMILES string of the molecule is O=C1/C(=C/c2cn(-c3ccccc3)nc2-c2ccc(OCc3ccc(Cl)cc3)cc2)SC(=S)N1C1CCCC1. The summed E-state index contributed by atoms with van der Waals surface area (Å²) in [7, 11) is 0. The van der Waals surface area contributed by atoms with Gasteiger partial charge < -0.3 is 4.74 Å². The Hall–Kier alpha value is -3.39. The molecule has 39 heavy (non-hydrogen) atoms. The van der Waals surface area contributed by atoms with Crippen LogP contribution in [-0.4, -0.2) is 30.9 Å². The molecule has 5 nitrogen and oxygen atoms in total. The van der Waals surface area contributed by atoms with Crippen molar-refractivity contribution in [3.05, 3.63) is 106 Å². The smallest absolute Gasteiger partial charge is 0.266 e. The van der Waals surface area contributed by atoms with Gasteiger partial charge in [0.2, 0.25) is 0 Å². The molecule has 1 aliphatic carbocycles. The fraction of sp³-hybridized carbons (Fsp3) is 0.194. The van der Waals surface area contributed by atoms with Crippen molar-refractivity contribution in [2.24, 2.45) is 0 Å². The second-order valence-electron chi connectivity index (χ2n) is 9.64. The maximum atomic E-state index is 13.4. The molecule has 4 aromatic rings. The molecule has 0 N–H and O–H groups in total. The minimum Gasteiger partial charge on any atom is -0.489 e. The van der Waals surface area contributed by atoms with Gasteiger partial charge in [-0.25, -0.2) is 4.68 Å². The molecule has 1 aromatic heterocycles. The van der Waals surface area contributed by atoms with E-state index < -0.39 is 0 Å². The van der Waals surface area contributed by atoms with E-state index in [1.54, 1.807) is 0 Å². The molecule has 0 atom stereocenters. The van der Waals surface area contributed by atoms with E-state index in [0.29, 0.717) is 20.9 Å².